The summed E-state index contributed by atoms with van der Waals surface area (Å²) in [5.41, 5.74) is 6.12. The molecule has 0 spiro atoms. The number of phosphoric acid groups is 2. The lowest BCUT2D eigenvalue weighted by molar-refractivity contribution is -0.894. The molecule has 22 nitrogen and oxygen atoms in total. The number of nitrogens with two attached hydrogens (primary N) is 1. The van der Waals surface area contributed by atoms with E-state index in [1.165, 1.54) is 30.5 Å². The molecule has 3 amide bonds. The predicted molar refractivity (Wildman–Crippen MR) is 204 cm³/mol. The Hall–Kier alpha value is -2.95. The molecule has 0 aromatic carbocycles. The second kappa shape index (κ2) is 21.9. The van der Waals surface area contributed by atoms with Crippen LogP contribution in [0.25, 0.3) is 11.2 Å². The minimum Gasteiger partial charge on any atom is -0.746 e. The summed E-state index contributed by atoms with van der Waals surface area (Å²) >= 11 is 1.82. The number of carbonyl (C=O) groups is 3. The molecular weight excluding hydrogens is 812 g/mol. The van der Waals surface area contributed by atoms with Gasteiger partial charge in [0.15, 0.2) is 17.7 Å². The number of anilines is 1. The third-order valence-corrected chi connectivity index (χ3v) is 13.8. The fourth-order valence-corrected chi connectivity index (χ4v) is 10.1. The number of ether oxygens (including phenoxy) is 1. The Morgan fingerprint density at radius 2 is 1.79 bits per heavy atom. The maximum absolute atomic E-state index is 12.3. The summed E-state index contributed by atoms with van der Waals surface area (Å²) in [6.07, 6.45) is 0.109. The molecule has 9 N–H and O–H groups in total. The number of aliphatic hydroxyl groups is 2. The van der Waals surface area contributed by atoms with Gasteiger partial charge in [-0.05, 0) is 46.5 Å². The molecular formula is C32H55N9O13P2S. The Balaban J connectivity index is 0.000000940. The maximum Gasteiger partial charge on any atom is 0.479 e. The van der Waals surface area contributed by atoms with Crippen LogP contribution in [0, 0.1) is 0 Å². The lowest BCUT2D eigenvalue weighted by Crippen LogP contribution is -3.11. The molecule has 5 heterocycles. The molecule has 3 fully saturated rings. The number of imidazole rings is 1. The molecule has 3 aliphatic heterocycles. The highest BCUT2D eigenvalue weighted by Crippen LogP contribution is 2.58. The van der Waals surface area contributed by atoms with Gasteiger partial charge in [-0.25, -0.2) is 28.6 Å². The minimum absolute atomic E-state index is 0.0552. The Labute approximate surface area is 334 Å². The van der Waals surface area contributed by atoms with Crippen LogP contribution in [0.4, 0.5) is 10.6 Å². The van der Waals surface area contributed by atoms with Crippen molar-refractivity contribution in [3.8, 4) is 0 Å². The summed E-state index contributed by atoms with van der Waals surface area (Å²) < 4.78 is 44.2. The molecule has 0 radical (unpaired) electrons. The van der Waals surface area contributed by atoms with E-state index in [1.54, 1.807) is 4.90 Å². The quantitative estimate of drug-likeness (QED) is 0.0446. The smallest absolute Gasteiger partial charge is 0.479 e. The zero-order valence-electron chi connectivity index (χ0n) is 32.2. The molecule has 3 aliphatic rings. The number of phosphoric ester groups is 2. The number of quaternary nitrogens is 1. The fourth-order valence-electron chi connectivity index (χ4n) is 6.57. The molecule has 3 saturated heterocycles. The maximum atomic E-state index is 12.3. The summed E-state index contributed by atoms with van der Waals surface area (Å²) in [5.74, 6) is -0.395. The van der Waals surface area contributed by atoms with Crippen molar-refractivity contribution in [1.29, 1.82) is 0 Å². The number of amides is 3. The number of rotatable bonds is 21. The van der Waals surface area contributed by atoms with Crippen LogP contribution in [-0.2, 0) is 36.8 Å². The number of nitrogen functional groups attached to an aromatic ring is 1. The highest BCUT2D eigenvalue weighted by molar-refractivity contribution is 8.00. The van der Waals surface area contributed by atoms with E-state index in [-0.39, 0.29) is 53.8 Å². The van der Waals surface area contributed by atoms with E-state index in [2.05, 4.69) is 65.0 Å². The summed E-state index contributed by atoms with van der Waals surface area (Å²) in [6.45, 7) is 9.94. The largest absolute Gasteiger partial charge is 0.746 e. The number of hydrogen-bond acceptors (Lipinski definition) is 17. The first-order chi connectivity index (χ1) is 27.1. The van der Waals surface area contributed by atoms with Crippen LogP contribution >= 0.6 is 27.4 Å². The van der Waals surface area contributed by atoms with Crippen molar-refractivity contribution in [3.05, 3.63) is 12.7 Å². The number of aromatic nitrogens is 4. The normalized spacial score (nSPS) is 26.2. The van der Waals surface area contributed by atoms with Crippen molar-refractivity contribution >= 4 is 62.3 Å². The average molecular weight is 868 g/mol. The summed E-state index contributed by atoms with van der Waals surface area (Å²) in [7, 11) is -11.1. The topological polar surface area (TPSA) is 316 Å². The van der Waals surface area contributed by atoms with Crippen LogP contribution in [0.3, 0.4) is 0 Å². The van der Waals surface area contributed by atoms with Gasteiger partial charge in [0.05, 0.1) is 44.7 Å². The van der Waals surface area contributed by atoms with Crippen LogP contribution in [0.5, 0.6) is 0 Å². The molecule has 3 unspecified atom stereocenters. The first kappa shape index (κ1) is 46.7. The number of nitrogens with zero attached hydrogens (tertiary/aromatic N) is 4. The molecule has 57 heavy (non-hydrogen) atoms. The zero-order chi connectivity index (χ0) is 41.8. The Bertz CT molecular complexity index is 1740. The molecule has 25 heteroatoms. The number of fused-ring (bicyclic) bond motifs is 2. The number of unbranched alkanes of at least 4 members (excludes halogenated alkanes) is 3. The van der Waals surface area contributed by atoms with E-state index in [9.17, 15) is 43.5 Å². The van der Waals surface area contributed by atoms with E-state index in [0.29, 0.717) is 37.5 Å². The second-order valence-electron chi connectivity index (χ2n) is 13.7. The molecule has 0 saturated carbocycles. The SMILES string of the molecule is CC[NH+](CC)CC.Nc1ncnc2c1ncn2[C@@H]1O[C@H](COP(=O)(O)OP(=O)([O-])OC(=O)CCCCCNC(=O)CCCC[C@@H]2SC[C@@H]3NC(=O)N[C@@H]32)C(O)[C@@H]1O. The fraction of sp³-hybridized carbons (Fsp3) is 0.750. The van der Waals surface area contributed by atoms with Crippen molar-refractivity contribution < 1.29 is 66.5 Å². The van der Waals surface area contributed by atoms with E-state index in [4.69, 9.17) is 10.5 Å². The zero-order valence-corrected chi connectivity index (χ0v) is 34.8. The van der Waals surface area contributed by atoms with Crippen molar-refractivity contribution in [2.24, 2.45) is 0 Å². The van der Waals surface area contributed by atoms with Gasteiger partial charge in [-0.2, -0.15) is 11.8 Å². The summed E-state index contributed by atoms with van der Waals surface area (Å²) in [6, 6.07) is 0.174. The summed E-state index contributed by atoms with van der Waals surface area (Å²) in [5, 5.41) is 29.9. The number of urea groups is 1. The number of hydrogen-bond donors (Lipinski definition) is 8. The first-order valence-corrected chi connectivity index (χ1v) is 23.0. The van der Waals surface area contributed by atoms with Crippen molar-refractivity contribution in [1.82, 2.24) is 35.5 Å². The van der Waals surface area contributed by atoms with Gasteiger partial charge in [-0.3, -0.25) is 23.2 Å². The lowest BCUT2D eigenvalue weighted by atomic mass is 10.0. The second-order valence-corrected chi connectivity index (χ2v) is 17.9. The van der Waals surface area contributed by atoms with Gasteiger partial charge in [-0.15, -0.1) is 0 Å². The van der Waals surface area contributed by atoms with Gasteiger partial charge in [0.1, 0.15) is 30.2 Å². The van der Waals surface area contributed by atoms with Crippen molar-refractivity contribution in [2.75, 3.05) is 44.3 Å². The highest BCUT2D eigenvalue weighted by atomic mass is 32.2. The van der Waals surface area contributed by atoms with E-state index >= 15 is 0 Å². The molecule has 0 bridgehead atoms. The van der Waals surface area contributed by atoms with Crippen LogP contribution in [0.1, 0.15) is 78.4 Å². The standard InChI is InChI=1S/C26H40N8O13P2S.C6H15N/c27-23-20-24(30-12-29-23)34(13-31-20)25-22(38)21(37)15(45-25)10-44-48(40,41)47-49(42,43)46-18(36)8-2-1-5-9-28-17(35)7-4-3-6-16-19-14(11-50-16)32-26(39)33-19;1-4-7(5-2)6-3/h12-16,19,21-22,25,37-38H,1-11H2,(H,28,35)(H,40,41)(H,42,43)(H2,27,29,30)(H2,32,33,39);4-6H2,1-3H3/t14-,15+,16-,19-,21?,22-,25+;/m0./s1. The van der Waals surface area contributed by atoms with E-state index in [0.717, 1.165) is 24.9 Å². The van der Waals surface area contributed by atoms with Gasteiger partial charge in [0.25, 0.3) is 0 Å². The van der Waals surface area contributed by atoms with Crippen LogP contribution in [0.2, 0.25) is 0 Å². The van der Waals surface area contributed by atoms with Crippen LogP contribution in [0.15, 0.2) is 12.7 Å². The van der Waals surface area contributed by atoms with Gasteiger partial charge >= 0.3 is 27.6 Å². The van der Waals surface area contributed by atoms with Crippen LogP contribution < -0.4 is 31.5 Å². The van der Waals surface area contributed by atoms with Gasteiger partial charge in [-0.1, -0.05) is 12.8 Å². The molecule has 2 aromatic rings. The van der Waals surface area contributed by atoms with Crippen molar-refractivity contribution in [3.63, 3.8) is 0 Å². The third-order valence-electron chi connectivity index (χ3n) is 9.78. The number of nitrogens with one attached hydrogen (secondary N) is 4. The van der Waals surface area contributed by atoms with Gasteiger partial charge < -0.3 is 55.8 Å². The van der Waals surface area contributed by atoms with Gasteiger partial charge in [0, 0.05) is 30.4 Å². The van der Waals surface area contributed by atoms with E-state index in [1.807, 2.05) is 11.8 Å². The molecule has 9 atom stereocenters. The number of aliphatic hydroxyl groups excluding tert-OH is 2. The Morgan fingerprint density at radius 1 is 1.07 bits per heavy atom. The highest BCUT2D eigenvalue weighted by Gasteiger charge is 2.46. The van der Waals surface area contributed by atoms with Crippen LogP contribution in [-0.4, -0.2) is 127 Å². The lowest BCUT2D eigenvalue weighted by Gasteiger charge is -2.24. The molecule has 322 valence electrons. The third kappa shape index (κ3) is 13.8. The monoisotopic (exact) mass is 867 g/mol. The summed E-state index contributed by atoms with van der Waals surface area (Å²) in [4.78, 5) is 71.2. The Kier molecular flexibility index (Phi) is 17.9. The average Bonchev–Trinajstić information content (AvgIpc) is 3.91. The number of carbonyl (C=O) groups excluding carboxylic acids is 3. The predicted octanol–water partition coefficient (Wildman–Crippen LogP) is -0.494. The Morgan fingerprint density at radius 3 is 2.49 bits per heavy atom. The molecule has 2 aromatic heterocycles. The van der Waals surface area contributed by atoms with Crippen molar-refractivity contribution in [2.45, 2.75) is 114 Å². The molecule has 0 aliphatic carbocycles. The van der Waals surface area contributed by atoms with Gasteiger partial charge in [0.2, 0.25) is 5.91 Å². The molecule has 5 rings (SSSR count). The number of thioether (sulfide) groups is 1. The first-order valence-electron chi connectivity index (χ1n) is 19.0. The minimum atomic E-state index is -5.65. The van der Waals surface area contributed by atoms with E-state index < -0.39 is 52.8 Å².